The van der Waals surface area contributed by atoms with Crippen LogP contribution >= 0.6 is 27.5 Å². The fourth-order valence-electron chi connectivity index (χ4n) is 2.68. The number of rotatable bonds is 3. The molecule has 23 heavy (non-hydrogen) atoms. The summed E-state index contributed by atoms with van der Waals surface area (Å²) in [5, 5.41) is 0.253. The average molecular weight is 423 g/mol. The van der Waals surface area contributed by atoms with E-state index in [1.807, 2.05) is 6.92 Å². The van der Waals surface area contributed by atoms with Gasteiger partial charge in [0, 0.05) is 19.1 Å². The highest BCUT2D eigenvalue weighted by atomic mass is 79.9. The molecule has 0 radical (unpaired) electrons. The van der Waals surface area contributed by atoms with Crippen molar-refractivity contribution < 1.29 is 13.2 Å². The van der Waals surface area contributed by atoms with Crippen LogP contribution in [0.15, 0.2) is 29.4 Å². The average Bonchev–Trinajstić information content (AvgIpc) is 2.44. The maximum Gasteiger partial charge on any atom is 0.246 e. The van der Waals surface area contributed by atoms with E-state index in [9.17, 15) is 13.2 Å². The molecule has 9 heteroatoms. The highest BCUT2D eigenvalue weighted by Crippen LogP contribution is 2.32. The number of hydrogen-bond acceptors (Lipinski definition) is 4. The second-order valence-corrected chi connectivity index (χ2v) is 8.57. The van der Waals surface area contributed by atoms with Gasteiger partial charge < -0.3 is 4.90 Å². The van der Waals surface area contributed by atoms with E-state index in [0.717, 1.165) is 6.26 Å². The first-order valence-corrected chi connectivity index (χ1v) is 9.88. The molecule has 0 bridgehead atoms. The predicted octanol–water partition coefficient (Wildman–Crippen LogP) is 2.22. The summed E-state index contributed by atoms with van der Waals surface area (Å²) in [5.74, 6) is -0.227. The second kappa shape index (κ2) is 6.88. The van der Waals surface area contributed by atoms with E-state index in [1.165, 1.54) is 10.4 Å². The second-order valence-electron chi connectivity index (χ2n) is 5.44. The van der Waals surface area contributed by atoms with Gasteiger partial charge in [-0.1, -0.05) is 18.2 Å². The Hall–Kier alpha value is -0.960. The minimum Gasteiger partial charge on any atom is -0.333 e. The fourth-order valence-corrected chi connectivity index (χ4v) is 4.59. The molecule has 1 aromatic heterocycles. The lowest BCUT2D eigenvalue weighted by atomic mass is 10.0. The number of sulfonamides is 1. The molecule has 2 heterocycles. The first-order valence-electron chi connectivity index (χ1n) is 6.86. The topological polar surface area (TPSA) is 70.6 Å². The van der Waals surface area contributed by atoms with Gasteiger partial charge in [-0.15, -0.1) is 0 Å². The fraction of sp³-hybridized carbons (Fsp3) is 0.429. The molecule has 2 rings (SSSR count). The minimum atomic E-state index is -3.45. The van der Waals surface area contributed by atoms with Gasteiger partial charge in [-0.05, 0) is 46.6 Å². The summed E-state index contributed by atoms with van der Waals surface area (Å²) >= 11 is 9.24. The first kappa shape index (κ1) is 18.4. The van der Waals surface area contributed by atoms with Crippen LogP contribution in [-0.2, 0) is 14.8 Å². The molecular weight excluding hydrogens is 406 g/mol. The number of halogens is 2. The van der Waals surface area contributed by atoms with Crippen LogP contribution in [0.3, 0.4) is 0 Å². The molecule has 1 saturated heterocycles. The summed E-state index contributed by atoms with van der Waals surface area (Å²) in [7, 11) is -3.45. The zero-order valence-electron chi connectivity index (χ0n) is 12.7. The zero-order valence-corrected chi connectivity index (χ0v) is 15.9. The molecule has 1 amide bonds. The summed E-state index contributed by atoms with van der Waals surface area (Å²) < 4.78 is 26.2. The Labute approximate surface area is 149 Å². The van der Waals surface area contributed by atoms with Gasteiger partial charge in [0.25, 0.3) is 0 Å². The highest BCUT2D eigenvalue weighted by molar-refractivity contribution is 9.10. The number of hydrogen-bond donors (Lipinski definition) is 0. The molecule has 0 saturated carbocycles. The lowest BCUT2D eigenvalue weighted by molar-refractivity contribution is -0.130. The Morgan fingerprint density at radius 2 is 2.13 bits per heavy atom. The SMILES string of the molecule is C=CC(=O)N1C[C@@H](c2cc(Cl)nc(Br)c2)N(S(C)(=O)=O)C[C@@H]1C. The Morgan fingerprint density at radius 1 is 1.48 bits per heavy atom. The lowest BCUT2D eigenvalue weighted by Gasteiger charge is -2.43. The third-order valence-corrected chi connectivity index (χ3v) is 5.60. The molecule has 0 spiro atoms. The van der Waals surface area contributed by atoms with E-state index in [4.69, 9.17) is 11.6 Å². The Morgan fingerprint density at radius 3 is 2.65 bits per heavy atom. The van der Waals surface area contributed by atoms with Gasteiger partial charge in [0.15, 0.2) is 0 Å². The maximum absolute atomic E-state index is 12.2. The zero-order chi connectivity index (χ0) is 17.4. The van der Waals surface area contributed by atoms with Gasteiger partial charge in [-0.25, -0.2) is 13.4 Å². The van der Waals surface area contributed by atoms with Crippen LogP contribution in [0.25, 0.3) is 0 Å². The van der Waals surface area contributed by atoms with Gasteiger partial charge in [-0.3, -0.25) is 4.79 Å². The van der Waals surface area contributed by atoms with E-state index in [2.05, 4.69) is 27.5 Å². The molecule has 0 aromatic carbocycles. The van der Waals surface area contributed by atoms with Crippen LogP contribution in [0.4, 0.5) is 0 Å². The van der Waals surface area contributed by atoms with Crippen molar-refractivity contribution >= 4 is 43.5 Å². The van der Waals surface area contributed by atoms with Crippen molar-refractivity contribution in [2.45, 2.75) is 19.0 Å². The number of amides is 1. The largest absolute Gasteiger partial charge is 0.333 e. The quantitative estimate of drug-likeness (QED) is 0.553. The van der Waals surface area contributed by atoms with Crippen molar-refractivity contribution in [2.24, 2.45) is 0 Å². The molecule has 0 N–H and O–H groups in total. The van der Waals surface area contributed by atoms with E-state index < -0.39 is 16.1 Å². The van der Waals surface area contributed by atoms with Gasteiger partial charge in [-0.2, -0.15) is 4.31 Å². The number of carbonyl (C=O) groups is 1. The third-order valence-electron chi connectivity index (χ3n) is 3.75. The van der Waals surface area contributed by atoms with E-state index in [1.54, 1.807) is 17.0 Å². The van der Waals surface area contributed by atoms with Crippen LogP contribution < -0.4 is 0 Å². The Kier molecular flexibility index (Phi) is 5.50. The van der Waals surface area contributed by atoms with E-state index in [0.29, 0.717) is 10.2 Å². The van der Waals surface area contributed by atoms with Crippen LogP contribution in [-0.4, -0.2) is 53.9 Å². The van der Waals surface area contributed by atoms with Crippen molar-refractivity contribution in [1.29, 1.82) is 0 Å². The van der Waals surface area contributed by atoms with Gasteiger partial charge >= 0.3 is 0 Å². The van der Waals surface area contributed by atoms with E-state index >= 15 is 0 Å². The first-order chi connectivity index (χ1) is 10.6. The number of nitrogens with zero attached hydrogens (tertiary/aromatic N) is 3. The van der Waals surface area contributed by atoms with Gasteiger partial charge in [0.2, 0.25) is 15.9 Å². The molecule has 1 aliphatic heterocycles. The number of aromatic nitrogens is 1. The van der Waals surface area contributed by atoms with Crippen molar-refractivity contribution in [3.63, 3.8) is 0 Å². The van der Waals surface area contributed by atoms with Crippen LogP contribution in [0.1, 0.15) is 18.5 Å². The Bertz CT molecular complexity index is 721. The monoisotopic (exact) mass is 421 g/mol. The minimum absolute atomic E-state index is 0.209. The Balaban J connectivity index is 2.48. The van der Waals surface area contributed by atoms with Gasteiger partial charge in [0.05, 0.1) is 12.3 Å². The highest BCUT2D eigenvalue weighted by Gasteiger charge is 2.38. The van der Waals surface area contributed by atoms with Crippen LogP contribution in [0, 0.1) is 0 Å². The standard InChI is InChI=1S/C14H17BrClN3O3S/c1-4-14(20)18-8-11(10-5-12(15)17-13(16)6-10)19(7-9(18)2)23(3,21)22/h4-6,9,11H,1,7-8H2,2-3H3/t9-,11-/m0/s1. The smallest absolute Gasteiger partial charge is 0.246 e. The third kappa shape index (κ3) is 4.12. The van der Waals surface area contributed by atoms with Crippen molar-refractivity contribution in [2.75, 3.05) is 19.3 Å². The molecule has 0 aliphatic carbocycles. The number of carbonyl (C=O) groups excluding carboxylic acids is 1. The summed E-state index contributed by atoms with van der Waals surface area (Å²) in [6, 6.07) is 2.55. The summed E-state index contributed by atoms with van der Waals surface area (Å²) in [6.45, 7) is 5.75. The molecule has 126 valence electrons. The van der Waals surface area contributed by atoms with E-state index in [-0.39, 0.29) is 30.2 Å². The van der Waals surface area contributed by atoms with Crippen LogP contribution in [0.5, 0.6) is 0 Å². The molecule has 0 unspecified atom stereocenters. The molecular formula is C14H17BrClN3O3S. The normalized spacial score (nSPS) is 22.9. The molecule has 2 atom stereocenters. The summed E-state index contributed by atoms with van der Waals surface area (Å²) in [6.07, 6.45) is 2.40. The van der Waals surface area contributed by atoms with Crippen molar-refractivity contribution in [1.82, 2.24) is 14.2 Å². The van der Waals surface area contributed by atoms with Crippen molar-refractivity contribution in [3.05, 3.63) is 40.1 Å². The number of piperazine rings is 1. The summed E-state index contributed by atoms with van der Waals surface area (Å²) in [4.78, 5) is 17.7. The molecule has 6 nitrogen and oxygen atoms in total. The maximum atomic E-state index is 12.2. The predicted molar refractivity (Wildman–Crippen MR) is 92.6 cm³/mol. The van der Waals surface area contributed by atoms with Crippen molar-refractivity contribution in [3.8, 4) is 0 Å². The lowest BCUT2D eigenvalue weighted by Crippen LogP contribution is -2.56. The molecule has 1 aromatic rings. The molecule has 1 aliphatic rings. The molecule has 1 fully saturated rings. The number of pyridine rings is 1. The van der Waals surface area contributed by atoms with Crippen LogP contribution in [0.2, 0.25) is 5.15 Å². The summed E-state index contributed by atoms with van der Waals surface area (Å²) in [5.41, 5.74) is 0.677. The van der Waals surface area contributed by atoms with Gasteiger partial charge in [0.1, 0.15) is 9.76 Å².